The Hall–Kier alpha value is -1.82. The van der Waals surface area contributed by atoms with E-state index < -0.39 is 0 Å². The molecule has 0 aliphatic rings. The quantitative estimate of drug-likeness (QED) is 0.735. The first-order chi connectivity index (χ1) is 6.24. The molecule has 0 atom stereocenters. The number of nitrogens with two attached hydrogens (primary N) is 1. The van der Waals surface area contributed by atoms with Gasteiger partial charge in [0.1, 0.15) is 0 Å². The fourth-order valence-corrected chi connectivity index (χ4v) is 1.18. The van der Waals surface area contributed by atoms with Crippen molar-refractivity contribution >= 4 is 5.91 Å². The van der Waals surface area contributed by atoms with Gasteiger partial charge >= 0.3 is 0 Å². The Morgan fingerprint density at radius 1 is 1.38 bits per heavy atom. The first-order valence-corrected chi connectivity index (χ1v) is 3.96. The van der Waals surface area contributed by atoms with Crippen LogP contribution in [-0.2, 0) is 17.6 Å². The smallest absolute Gasteiger partial charge is 0.221 e. The molecule has 1 aromatic rings. The predicted molar refractivity (Wildman–Crippen MR) is 48.7 cm³/mol. The van der Waals surface area contributed by atoms with E-state index in [9.17, 15) is 4.79 Å². The van der Waals surface area contributed by atoms with Gasteiger partial charge in [-0.3, -0.25) is 4.79 Å². The van der Waals surface area contributed by atoms with Crippen molar-refractivity contribution in [1.29, 1.82) is 5.26 Å². The third-order valence-corrected chi connectivity index (χ3v) is 1.75. The van der Waals surface area contributed by atoms with Crippen molar-refractivity contribution in [2.24, 2.45) is 5.73 Å². The van der Waals surface area contributed by atoms with Crippen molar-refractivity contribution in [3.63, 3.8) is 0 Å². The molecule has 0 saturated heterocycles. The van der Waals surface area contributed by atoms with Crippen LogP contribution in [0.3, 0.4) is 0 Å². The van der Waals surface area contributed by atoms with E-state index in [2.05, 4.69) is 0 Å². The van der Waals surface area contributed by atoms with E-state index in [-0.39, 0.29) is 12.3 Å². The van der Waals surface area contributed by atoms with Crippen LogP contribution in [0.2, 0.25) is 0 Å². The van der Waals surface area contributed by atoms with Gasteiger partial charge in [-0.05, 0) is 11.1 Å². The molecule has 66 valence electrons. The second-order valence-corrected chi connectivity index (χ2v) is 2.75. The first kappa shape index (κ1) is 9.27. The van der Waals surface area contributed by atoms with Gasteiger partial charge in [0.15, 0.2) is 0 Å². The molecule has 1 rings (SSSR count). The highest BCUT2D eigenvalue weighted by molar-refractivity contribution is 5.77. The SMILES string of the molecule is N#CCc1ccccc1CC(N)=O. The highest BCUT2D eigenvalue weighted by Gasteiger charge is 2.03. The minimum absolute atomic E-state index is 0.206. The summed E-state index contributed by atoms with van der Waals surface area (Å²) in [4.78, 5) is 10.7. The molecule has 0 heterocycles. The number of amides is 1. The molecule has 0 spiro atoms. The Bertz CT molecular complexity index is 352. The maximum atomic E-state index is 10.7. The van der Waals surface area contributed by atoms with E-state index in [1.54, 1.807) is 0 Å². The molecule has 1 aromatic carbocycles. The molecule has 3 nitrogen and oxygen atoms in total. The molecule has 0 unspecified atom stereocenters. The largest absolute Gasteiger partial charge is 0.369 e. The standard InChI is InChI=1S/C10H10N2O/c11-6-5-8-3-1-2-4-9(8)7-10(12)13/h1-4H,5,7H2,(H2,12,13). The van der Waals surface area contributed by atoms with E-state index >= 15 is 0 Å². The second-order valence-electron chi connectivity index (χ2n) is 2.75. The lowest BCUT2D eigenvalue weighted by Crippen LogP contribution is -2.14. The number of hydrogen-bond acceptors (Lipinski definition) is 2. The monoisotopic (exact) mass is 174 g/mol. The summed E-state index contributed by atoms with van der Waals surface area (Å²) in [5.74, 6) is -0.370. The molecule has 0 fully saturated rings. The molecule has 0 aliphatic heterocycles. The number of nitrogens with zero attached hydrogens (tertiary/aromatic N) is 1. The molecule has 0 aliphatic carbocycles. The van der Waals surface area contributed by atoms with Crippen LogP contribution in [0.5, 0.6) is 0 Å². The van der Waals surface area contributed by atoms with Crippen LogP contribution in [0.15, 0.2) is 24.3 Å². The summed E-state index contributed by atoms with van der Waals surface area (Å²) >= 11 is 0. The van der Waals surface area contributed by atoms with Gasteiger partial charge in [0.25, 0.3) is 0 Å². The predicted octanol–water partition coefficient (Wildman–Crippen LogP) is 0.780. The minimum atomic E-state index is -0.370. The molecule has 2 N–H and O–H groups in total. The Morgan fingerprint density at radius 2 is 2.00 bits per heavy atom. The number of benzene rings is 1. The van der Waals surface area contributed by atoms with Gasteiger partial charge < -0.3 is 5.73 Å². The van der Waals surface area contributed by atoms with Gasteiger partial charge in [0, 0.05) is 0 Å². The van der Waals surface area contributed by atoms with E-state index in [0.29, 0.717) is 6.42 Å². The summed E-state index contributed by atoms with van der Waals surface area (Å²) in [6.45, 7) is 0. The summed E-state index contributed by atoms with van der Waals surface area (Å²) in [6.07, 6.45) is 0.529. The van der Waals surface area contributed by atoms with Gasteiger partial charge in [-0.1, -0.05) is 24.3 Å². The van der Waals surface area contributed by atoms with E-state index in [1.807, 2.05) is 30.3 Å². The molecule has 3 heteroatoms. The van der Waals surface area contributed by atoms with Crippen LogP contribution >= 0.6 is 0 Å². The number of primary amides is 1. The maximum absolute atomic E-state index is 10.7. The van der Waals surface area contributed by atoms with E-state index in [0.717, 1.165) is 11.1 Å². The Labute approximate surface area is 76.8 Å². The summed E-state index contributed by atoms with van der Waals surface area (Å²) in [5.41, 5.74) is 6.79. The number of carbonyl (C=O) groups is 1. The molecule has 0 bridgehead atoms. The van der Waals surface area contributed by atoms with Crippen LogP contribution in [0.1, 0.15) is 11.1 Å². The fraction of sp³-hybridized carbons (Fsp3) is 0.200. The van der Waals surface area contributed by atoms with E-state index in [1.165, 1.54) is 0 Å². The van der Waals surface area contributed by atoms with Gasteiger partial charge in [-0.25, -0.2) is 0 Å². The summed E-state index contributed by atoms with van der Waals surface area (Å²) in [5, 5.41) is 8.51. The van der Waals surface area contributed by atoms with Crippen LogP contribution in [0, 0.1) is 11.3 Å². The summed E-state index contributed by atoms with van der Waals surface area (Å²) < 4.78 is 0. The van der Waals surface area contributed by atoms with Crippen molar-refractivity contribution in [3.05, 3.63) is 35.4 Å². The molecule has 1 amide bonds. The molecule has 0 saturated carbocycles. The number of nitriles is 1. The zero-order chi connectivity index (χ0) is 9.68. The lowest BCUT2D eigenvalue weighted by atomic mass is 10.0. The minimum Gasteiger partial charge on any atom is -0.369 e. The number of rotatable bonds is 3. The molecule has 0 aromatic heterocycles. The Morgan fingerprint density at radius 3 is 2.54 bits per heavy atom. The van der Waals surface area contributed by atoms with Crippen molar-refractivity contribution in [1.82, 2.24) is 0 Å². The topological polar surface area (TPSA) is 66.9 Å². The zero-order valence-electron chi connectivity index (χ0n) is 7.16. The van der Waals surface area contributed by atoms with Crippen LogP contribution in [0.25, 0.3) is 0 Å². The lowest BCUT2D eigenvalue weighted by Gasteiger charge is -2.02. The number of carbonyl (C=O) groups excluding carboxylic acids is 1. The van der Waals surface area contributed by atoms with Crippen molar-refractivity contribution in [2.75, 3.05) is 0 Å². The molecule has 13 heavy (non-hydrogen) atoms. The van der Waals surface area contributed by atoms with Crippen LogP contribution < -0.4 is 5.73 Å². The molecule has 0 radical (unpaired) electrons. The van der Waals surface area contributed by atoms with Crippen molar-refractivity contribution < 1.29 is 4.79 Å². The second kappa shape index (κ2) is 4.27. The van der Waals surface area contributed by atoms with Crippen molar-refractivity contribution in [2.45, 2.75) is 12.8 Å². The fourth-order valence-electron chi connectivity index (χ4n) is 1.18. The van der Waals surface area contributed by atoms with Gasteiger partial charge in [0.05, 0.1) is 18.9 Å². The van der Waals surface area contributed by atoms with Gasteiger partial charge in [-0.2, -0.15) is 5.26 Å². The van der Waals surface area contributed by atoms with Crippen molar-refractivity contribution in [3.8, 4) is 6.07 Å². The van der Waals surface area contributed by atoms with E-state index in [4.69, 9.17) is 11.0 Å². The normalized spacial score (nSPS) is 9.15. The Balaban J connectivity index is 2.92. The average Bonchev–Trinajstić information content (AvgIpc) is 2.08. The third-order valence-electron chi connectivity index (χ3n) is 1.75. The lowest BCUT2D eigenvalue weighted by molar-refractivity contribution is -0.117. The summed E-state index contributed by atoms with van der Waals surface area (Å²) in [7, 11) is 0. The van der Waals surface area contributed by atoms with Gasteiger partial charge in [0.2, 0.25) is 5.91 Å². The third kappa shape index (κ3) is 2.60. The molecular formula is C10H10N2O. The molecular weight excluding hydrogens is 164 g/mol. The average molecular weight is 174 g/mol. The first-order valence-electron chi connectivity index (χ1n) is 3.96. The van der Waals surface area contributed by atoms with Crippen LogP contribution in [-0.4, -0.2) is 5.91 Å². The number of hydrogen-bond donors (Lipinski definition) is 1. The van der Waals surface area contributed by atoms with Gasteiger partial charge in [-0.15, -0.1) is 0 Å². The highest BCUT2D eigenvalue weighted by atomic mass is 16.1. The zero-order valence-corrected chi connectivity index (χ0v) is 7.16. The highest BCUT2D eigenvalue weighted by Crippen LogP contribution is 2.09. The Kier molecular flexibility index (Phi) is 3.04. The summed E-state index contributed by atoms with van der Waals surface area (Å²) in [6, 6.07) is 9.37. The van der Waals surface area contributed by atoms with Crippen LogP contribution in [0.4, 0.5) is 0 Å². The maximum Gasteiger partial charge on any atom is 0.221 e.